The molecule has 1 unspecified atom stereocenters. The van der Waals surface area contributed by atoms with Crippen molar-refractivity contribution in [3.63, 3.8) is 0 Å². The summed E-state index contributed by atoms with van der Waals surface area (Å²) in [6.45, 7) is -1.09. The molecule has 25 heavy (non-hydrogen) atoms. The maximum Gasteiger partial charge on any atom is 0.387 e. The van der Waals surface area contributed by atoms with Crippen LogP contribution in [0.1, 0.15) is 28.9 Å². The van der Waals surface area contributed by atoms with E-state index in [1.54, 1.807) is 37.3 Å². The zero-order valence-corrected chi connectivity index (χ0v) is 14.1. The van der Waals surface area contributed by atoms with Gasteiger partial charge >= 0.3 is 6.61 Å². The Morgan fingerprint density at radius 3 is 2.28 bits per heavy atom. The molecule has 0 fully saturated rings. The Morgan fingerprint density at radius 1 is 1.04 bits per heavy atom. The average Bonchev–Trinajstić information content (AvgIpc) is 2.60. The number of halogens is 2. The van der Waals surface area contributed by atoms with Crippen molar-refractivity contribution in [1.29, 1.82) is 0 Å². The van der Waals surface area contributed by atoms with Crippen molar-refractivity contribution < 1.29 is 27.8 Å². The van der Waals surface area contributed by atoms with Crippen molar-refractivity contribution in [3.05, 3.63) is 53.6 Å². The van der Waals surface area contributed by atoms with Crippen LogP contribution >= 0.6 is 0 Å². The highest BCUT2D eigenvalue weighted by Gasteiger charge is 2.18. The number of amides is 1. The fourth-order valence-corrected chi connectivity index (χ4v) is 2.36. The first kappa shape index (κ1) is 18.5. The maximum absolute atomic E-state index is 12.5. The molecule has 5 nitrogen and oxygen atoms in total. The van der Waals surface area contributed by atoms with Crippen LogP contribution in [0.3, 0.4) is 0 Å². The predicted molar refractivity (Wildman–Crippen MR) is 88.5 cm³/mol. The van der Waals surface area contributed by atoms with Gasteiger partial charge in [0.05, 0.1) is 25.8 Å². The average molecular weight is 351 g/mol. The fraction of sp³-hybridized carbons (Fsp3) is 0.278. The molecule has 2 aromatic carbocycles. The minimum Gasteiger partial charge on any atom is -0.493 e. The molecule has 0 aliphatic rings. The number of carbonyl (C=O) groups excluding carboxylic acids is 1. The zero-order valence-electron chi connectivity index (χ0n) is 14.1. The Bertz CT molecular complexity index is 720. The van der Waals surface area contributed by atoms with E-state index in [0.29, 0.717) is 17.1 Å². The summed E-state index contributed by atoms with van der Waals surface area (Å²) in [5.41, 5.74) is 1.09. The predicted octanol–water partition coefficient (Wildman–Crippen LogP) is 3.80. The van der Waals surface area contributed by atoms with E-state index in [1.807, 2.05) is 0 Å². The zero-order chi connectivity index (χ0) is 18.4. The third-order valence-corrected chi connectivity index (χ3v) is 3.60. The lowest BCUT2D eigenvalue weighted by Crippen LogP contribution is -2.27. The number of hydrogen-bond donors (Lipinski definition) is 1. The first-order chi connectivity index (χ1) is 12.0. The molecule has 0 spiro atoms. The standard InChI is InChI=1S/C18H19F2NO4/c1-11(12-7-9-13(10-8-12)25-18(19)20)21-17(22)14-5-4-6-15(23-2)16(14)24-3/h4-11,18H,1-3H3,(H,21,22). The Kier molecular flexibility index (Phi) is 6.16. The van der Waals surface area contributed by atoms with Crippen molar-refractivity contribution in [2.75, 3.05) is 14.2 Å². The number of hydrogen-bond acceptors (Lipinski definition) is 4. The molecule has 1 N–H and O–H groups in total. The van der Waals surface area contributed by atoms with Crippen molar-refractivity contribution >= 4 is 5.91 Å². The highest BCUT2D eigenvalue weighted by Crippen LogP contribution is 2.31. The van der Waals surface area contributed by atoms with Crippen LogP contribution in [0.25, 0.3) is 0 Å². The lowest BCUT2D eigenvalue weighted by atomic mass is 10.1. The van der Waals surface area contributed by atoms with Crippen molar-refractivity contribution in [3.8, 4) is 17.2 Å². The molecular formula is C18H19F2NO4. The van der Waals surface area contributed by atoms with Crippen LogP contribution in [0.2, 0.25) is 0 Å². The van der Waals surface area contributed by atoms with E-state index in [0.717, 1.165) is 5.56 Å². The minimum atomic E-state index is -2.87. The monoisotopic (exact) mass is 351 g/mol. The summed E-state index contributed by atoms with van der Waals surface area (Å²) in [4.78, 5) is 12.5. The normalized spacial score (nSPS) is 11.8. The van der Waals surface area contributed by atoms with E-state index < -0.39 is 6.61 Å². The molecule has 1 atom stereocenters. The lowest BCUT2D eigenvalue weighted by molar-refractivity contribution is -0.0498. The molecule has 0 bridgehead atoms. The number of carbonyl (C=O) groups is 1. The summed E-state index contributed by atoms with van der Waals surface area (Å²) >= 11 is 0. The molecule has 0 radical (unpaired) electrons. The summed E-state index contributed by atoms with van der Waals surface area (Å²) in [6, 6.07) is 10.8. The second-order valence-electron chi connectivity index (χ2n) is 5.18. The SMILES string of the molecule is COc1cccc(C(=O)NC(C)c2ccc(OC(F)F)cc2)c1OC. The van der Waals surface area contributed by atoms with Gasteiger partial charge in [-0.1, -0.05) is 18.2 Å². The lowest BCUT2D eigenvalue weighted by Gasteiger charge is -2.17. The highest BCUT2D eigenvalue weighted by atomic mass is 19.3. The van der Waals surface area contributed by atoms with Crippen LogP contribution in [0, 0.1) is 0 Å². The van der Waals surface area contributed by atoms with Crippen LogP contribution in [0.5, 0.6) is 17.2 Å². The number of alkyl halides is 2. The summed E-state index contributed by atoms with van der Waals surface area (Å²) in [6.07, 6.45) is 0. The first-order valence-electron chi connectivity index (χ1n) is 7.53. The van der Waals surface area contributed by atoms with E-state index in [-0.39, 0.29) is 17.7 Å². The number of para-hydroxylation sites is 1. The number of ether oxygens (including phenoxy) is 3. The minimum absolute atomic E-state index is 0.0618. The van der Waals surface area contributed by atoms with Crippen LogP contribution in [0.15, 0.2) is 42.5 Å². The molecule has 0 aromatic heterocycles. The van der Waals surface area contributed by atoms with Gasteiger partial charge in [-0.05, 0) is 36.8 Å². The van der Waals surface area contributed by atoms with Crippen molar-refractivity contribution in [2.45, 2.75) is 19.6 Å². The molecule has 0 saturated heterocycles. The third kappa shape index (κ3) is 4.59. The summed E-state index contributed by atoms with van der Waals surface area (Å²) in [5.74, 6) is 0.523. The molecule has 0 aliphatic carbocycles. The van der Waals surface area contributed by atoms with E-state index in [2.05, 4.69) is 10.1 Å². The molecule has 134 valence electrons. The molecule has 1 amide bonds. The summed E-state index contributed by atoms with van der Waals surface area (Å²) in [7, 11) is 2.95. The van der Waals surface area contributed by atoms with Gasteiger partial charge in [0, 0.05) is 0 Å². The van der Waals surface area contributed by atoms with Crippen LogP contribution < -0.4 is 19.5 Å². The van der Waals surface area contributed by atoms with Crippen LogP contribution in [-0.2, 0) is 0 Å². The third-order valence-electron chi connectivity index (χ3n) is 3.60. The number of rotatable bonds is 7. The van der Waals surface area contributed by atoms with Gasteiger partial charge in [-0.25, -0.2) is 0 Å². The van der Waals surface area contributed by atoms with E-state index in [4.69, 9.17) is 9.47 Å². The molecule has 2 rings (SSSR count). The fourth-order valence-electron chi connectivity index (χ4n) is 2.36. The van der Waals surface area contributed by atoms with Gasteiger partial charge in [-0.15, -0.1) is 0 Å². The molecule has 2 aromatic rings. The maximum atomic E-state index is 12.5. The molecule has 7 heteroatoms. The smallest absolute Gasteiger partial charge is 0.387 e. The summed E-state index contributed by atoms with van der Waals surface area (Å²) in [5, 5.41) is 2.84. The van der Waals surface area contributed by atoms with Crippen LogP contribution in [-0.4, -0.2) is 26.7 Å². The highest BCUT2D eigenvalue weighted by molar-refractivity contribution is 5.98. The van der Waals surface area contributed by atoms with Gasteiger partial charge in [0.2, 0.25) is 0 Å². The largest absolute Gasteiger partial charge is 0.493 e. The van der Waals surface area contributed by atoms with Gasteiger partial charge in [-0.2, -0.15) is 8.78 Å². The number of nitrogens with one attached hydrogen (secondary N) is 1. The molecule has 0 heterocycles. The van der Waals surface area contributed by atoms with Gasteiger partial charge < -0.3 is 19.5 Å². The van der Waals surface area contributed by atoms with Gasteiger partial charge in [0.15, 0.2) is 11.5 Å². The van der Waals surface area contributed by atoms with E-state index >= 15 is 0 Å². The summed E-state index contributed by atoms with van der Waals surface area (Å²) < 4.78 is 39.1. The topological polar surface area (TPSA) is 56.8 Å². The van der Waals surface area contributed by atoms with Gasteiger partial charge in [0.1, 0.15) is 5.75 Å². The van der Waals surface area contributed by atoms with E-state index in [1.165, 1.54) is 26.4 Å². The van der Waals surface area contributed by atoms with Gasteiger partial charge in [-0.3, -0.25) is 4.79 Å². The number of benzene rings is 2. The molecular weight excluding hydrogens is 332 g/mol. The Hall–Kier alpha value is -2.83. The van der Waals surface area contributed by atoms with Crippen molar-refractivity contribution in [1.82, 2.24) is 5.32 Å². The number of methoxy groups -OCH3 is 2. The first-order valence-corrected chi connectivity index (χ1v) is 7.53. The van der Waals surface area contributed by atoms with E-state index in [9.17, 15) is 13.6 Å². The van der Waals surface area contributed by atoms with Crippen molar-refractivity contribution in [2.24, 2.45) is 0 Å². The second-order valence-corrected chi connectivity index (χ2v) is 5.18. The second kappa shape index (κ2) is 8.32. The Balaban J connectivity index is 2.12. The van der Waals surface area contributed by atoms with Gasteiger partial charge in [0.25, 0.3) is 5.91 Å². The molecule has 0 saturated carbocycles. The quantitative estimate of drug-likeness (QED) is 0.824. The molecule has 0 aliphatic heterocycles. The van der Waals surface area contributed by atoms with Crippen LogP contribution in [0.4, 0.5) is 8.78 Å². The Labute approximate surface area is 144 Å². The Morgan fingerprint density at radius 2 is 1.72 bits per heavy atom.